The van der Waals surface area contributed by atoms with Gasteiger partial charge < -0.3 is 52.9 Å². The fourth-order valence-electron chi connectivity index (χ4n) is 15.7. The molecule has 0 saturated carbocycles. The molecule has 15 rings (SSSR count). The maximum Gasteiger partial charge on any atom is 0.268 e. The van der Waals surface area contributed by atoms with E-state index in [0.29, 0.717) is 149 Å². The van der Waals surface area contributed by atoms with E-state index in [0.717, 1.165) is 115 Å². The van der Waals surface area contributed by atoms with Gasteiger partial charge in [-0.05, 0) is 263 Å². The summed E-state index contributed by atoms with van der Waals surface area (Å²) in [7, 11) is 11.8. The van der Waals surface area contributed by atoms with Crippen LogP contribution in [0.2, 0.25) is 25.1 Å². The molecule has 0 fully saturated rings. The number of anilines is 1. The Hall–Kier alpha value is -11.7. The molecule has 0 saturated heterocycles. The number of likely N-dealkylation sites (N-methyl/N-ethyl adjacent to an activating group) is 4. The lowest BCUT2D eigenvalue weighted by molar-refractivity contribution is 0.0625. The van der Waals surface area contributed by atoms with Gasteiger partial charge in [-0.15, -0.1) is 0 Å². The molecule has 0 aliphatic carbocycles. The number of hydrogen-bond acceptors (Lipinski definition) is 20. The van der Waals surface area contributed by atoms with Crippen molar-refractivity contribution in [3.63, 3.8) is 0 Å². The Morgan fingerprint density at radius 2 is 0.581 bits per heavy atom. The van der Waals surface area contributed by atoms with E-state index in [1.807, 2.05) is 172 Å². The average Bonchev–Trinajstić information content (AvgIpc) is 1.18. The molecular formula is C106H121Cl5N10O15. The molecule has 1 atom stereocenters. The molecule has 720 valence electrons. The van der Waals surface area contributed by atoms with Crippen LogP contribution in [0.3, 0.4) is 0 Å². The van der Waals surface area contributed by atoms with Gasteiger partial charge in [-0.2, -0.15) is 0 Å². The number of carbonyl (C=O) groups is 9. The Bertz CT molecular complexity index is 5730. The third-order valence-corrected chi connectivity index (χ3v) is 25.4. The van der Waals surface area contributed by atoms with Crippen LogP contribution >= 0.6 is 58.0 Å². The van der Waals surface area contributed by atoms with E-state index in [1.54, 1.807) is 108 Å². The molecule has 30 heteroatoms. The number of rotatable bonds is 34. The molecule has 10 aromatic rings. The van der Waals surface area contributed by atoms with Crippen molar-refractivity contribution in [1.29, 1.82) is 0 Å². The second-order valence-electron chi connectivity index (χ2n) is 33.7. The van der Waals surface area contributed by atoms with Crippen molar-refractivity contribution in [2.75, 3.05) is 139 Å². The summed E-state index contributed by atoms with van der Waals surface area (Å²) in [6.07, 6.45) is 0.281. The highest BCUT2D eigenvalue weighted by molar-refractivity contribution is 6.33. The summed E-state index contributed by atoms with van der Waals surface area (Å²) >= 11 is 30.4. The summed E-state index contributed by atoms with van der Waals surface area (Å²) in [5.74, 6) is 0.401. The van der Waals surface area contributed by atoms with E-state index < -0.39 is 6.23 Å². The Kier molecular flexibility index (Phi) is 38.6. The third-order valence-electron chi connectivity index (χ3n) is 23.3. The van der Waals surface area contributed by atoms with Crippen LogP contribution in [0, 0.1) is 34.6 Å². The number of benzene rings is 10. The van der Waals surface area contributed by atoms with E-state index in [9.17, 15) is 43.2 Å². The summed E-state index contributed by atoms with van der Waals surface area (Å²) in [4.78, 5) is 134. The smallest absolute Gasteiger partial charge is 0.268 e. The first-order chi connectivity index (χ1) is 64.6. The zero-order valence-electron chi connectivity index (χ0n) is 79.3. The summed E-state index contributed by atoms with van der Waals surface area (Å²) < 4.78 is 35.2. The topological polar surface area (TPSA) is 241 Å². The lowest BCUT2D eigenvalue weighted by atomic mass is 10.1. The Morgan fingerprint density at radius 3 is 0.853 bits per heavy atom. The zero-order valence-corrected chi connectivity index (χ0v) is 83.1. The number of ether oxygens (including phenoxy) is 6. The lowest BCUT2D eigenvalue weighted by Gasteiger charge is -2.38. The van der Waals surface area contributed by atoms with Gasteiger partial charge in [0.25, 0.3) is 53.2 Å². The van der Waals surface area contributed by atoms with Crippen molar-refractivity contribution >= 4 is 117 Å². The summed E-state index contributed by atoms with van der Waals surface area (Å²) in [5, 5.41) is 3.31. The van der Waals surface area contributed by atoms with Gasteiger partial charge in [-0.3, -0.25) is 67.7 Å². The first-order valence-corrected chi connectivity index (χ1v) is 46.9. The van der Waals surface area contributed by atoms with Gasteiger partial charge >= 0.3 is 0 Å². The van der Waals surface area contributed by atoms with Gasteiger partial charge in [0.15, 0.2) is 6.23 Å². The SMILES string of the molecule is C.CCN(CC)CCOc1cccc2c1C(=O)N(Cc1ccc(Cl)c(C)c1)C2=O.CCN(CC)CCOc1cccc2c1C(=O)N(Cc1ccc(Cl)c(C)c1)C2=O.CCOc1cccc2c1C(=O)N(c1ccc(Cl)c(C)c1)C(CCN(C)C)O2.Cc1cc(CN2C(=O)c3cccc(OCCN(C)C)c3C2=O)ccc1Cl.Cc1cc(CN2C(=O)c3cccc(OCCN(C)C)c3C2=O)ccc1Cl. The third kappa shape index (κ3) is 25.9. The predicted octanol–water partition coefficient (Wildman–Crippen LogP) is 20.1. The molecule has 0 aromatic heterocycles. The molecule has 25 nitrogen and oxygen atoms in total. The number of carbonyl (C=O) groups excluding carboxylic acids is 9. The second-order valence-corrected chi connectivity index (χ2v) is 35.8. The number of halogens is 5. The molecule has 10 aromatic carbocycles. The van der Waals surface area contributed by atoms with Crippen LogP contribution in [-0.2, 0) is 26.2 Å². The van der Waals surface area contributed by atoms with E-state index in [1.165, 1.54) is 19.6 Å². The molecule has 0 bridgehead atoms. The van der Waals surface area contributed by atoms with Crippen molar-refractivity contribution in [1.82, 2.24) is 44.1 Å². The normalized spacial score (nSPS) is 13.9. The second kappa shape index (κ2) is 49.3. The monoisotopic (exact) mass is 1950 g/mol. The van der Waals surface area contributed by atoms with Crippen molar-refractivity contribution in [3.05, 3.63) is 307 Å². The number of fused-ring (bicyclic) bond motifs is 5. The van der Waals surface area contributed by atoms with Crippen LogP contribution in [0.1, 0.15) is 192 Å². The van der Waals surface area contributed by atoms with Crippen LogP contribution in [0.25, 0.3) is 0 Å². The largest absolute Gasteiger partial charge is 0.493 e. The van der Waals surface area contributed by atoms with Crippen molar-refractivity contribution in [2.24, 2.45) is 0 Å². The first-order valence-electron chi connectivity index (χ1n) is 45.0. The molecule has 0 spiro atoms. The van der Waals surface area contributed by atoms with Crippen molar-refractivity contribution in [2.45, 2.75) is 115 Å². The molecule has 1 unspecified atom stereocenters. The van der Waals surface area contributed by atoms with E-state index in [4.69, 9.17) is 86.4 Å². The minimum atomic E-state index is -0.398. The molecule has 136 heavy (non-hydrogen) atoms. The van der Waals surface area contributed by atoms with Crippen LogP contribution in [0.15, 0.2) is 182 Å². The number of imide groups is 4. The lowest BCUT2D eigenvalue weighted by Crippen LogP contribution is -2.49. The van der Waals surface area contributed by atoms with Gasteiger partial charge in [0.1, 0.15) is 66.5 Å². The van der Waals surface area contributed by atoms with Crippen LogP contribution in [0.4, 0.5) is 5.69 Å². The highest BCUT2D eigenvalue weighted by atomic mass is 35.5. The molecule has 5 heterocycles. The molecule has 0 N–H and O–H groups in total. The maximum atomic E-state index is 13.5. The standard InChI is InChI=1S/2C22H25ClN2O3.C21H25ClN2O3.2C20H21ClN2O3.CH4/c2*1-4-24(5-2)11-12-28-19-8-6-7-17-20(19)22(27)25(21(17)26)14-16-9-10-18(23)15(3)13-16;1-5-26-17-7-6-8-18-20(17)21(25)24(19(27-18)11-12-23(3)4)15-9-10-16(22)14(2)13-15;2*1-13-11-14(7-8-16(13)21)12-23-19(24)15-5-4-6-17(18(15)20(23)25)26-10-9-22(2)3;/h2*6-10,13H,4-5,11-12,14H2,1-3H3;6-10,13,19H,5,11-12H2,1-4H3;2*4-8,11H,9-10,12H2,1-3H3;1H4. The molecule has 0 radical (unpaired) electrons. The van der Waals surface area contributed by atoms with Crippen molar-refractivity contribution in [3.8, 4) is 34.5 Å². The quantitative estimate of drug-likeness (QED) is 0.0340. The maximum absolute atomic E-state index is 13.5. The number of hydrogen-bond donors (Lipinski definition) is 0. The molecule has 5 aliphatic heterocycles. The first kappa shape index (κ1) is 106. The molecule has 5 aliphatic rings. The van der Waals surface area contributed by atoms with Crippen LogP contribution in [0.5, 0.6) is 34.5 Å². The predicted molar refractivity (Wildman–Crippen MR) is 537 cm³/mol. The number of nitrogens with zero attached hydrogens (tertiary/aromatic N) is 10. The van der Waals surface area contributed by atoms with Gasteiger partial charge in [0.05, 0.1) is 77.3 Å². The van der Waals surface area contributed by atoms with E-state index in [-0.39, 0.29) is 86.8 Å². The summed E-state index contributed by atoms with van der Waals surface area (Å²) in [5.41, 5.74) is 12.2. The van der Waals surface area contributed by atoms with Gasteiger partial charge in [-0.1, -0.05) is 172 Å². The fourth-order valence-corrected chi connectivity index (χ4v) is 16.3. The summed E-state index contributed by atoms with van der Waals surface area (Å²) in [6.45, 7) is 30.5. The molecule has 9 amide bonds. The van der Waals surface area contributed by atoms with E-state index >= 15 is 0 Å². The zero-order chi connectivity index (χ0) is 97.8. The number of aryl methyl sites for hydroxylation is 5. The Labute approximate surface area is 823 Å². The highest BCUT2D eigenvalue weighted by Crippen LogP contribution is 2.42. The Balaban J connectivity index is 0.000000175. The minimum absolute atomic E-state index is 0. The average molecular weight is 1950 g/mol. The minimum Gasteiger partial charge on any atom is -0.493 e. The van der Waals surface area contributed by atoms with Gasteiger partial charge in [0, 0.05) is 69.9 Å². The highest BCUT2D eigenvalue weighted by Gasteiger charge is 2.44. The van der Waals surface area contributed by atoms with Gasteiger partial charge in [0.2, 0.25) is 0 Å². The van der Waals surface area contributed by atoms with Crippen molar-refractivity contribution < 1.29 is 71.6 Å². The number of amides is 9. The van der Waals surface area contributed by atoms with Crippen LogP contribution < -0.4 is 33.3 Å². The van der Waals surface area contributed by atoms with Crippen LogP contribution in [-0.4, -0.2) is 238 Å². The fraction of sp³-hybridized carbons (Fsp3) is 0.349. The summed E-state index contributed by atoms with van der Waals surface area (Å²) in [6, 6.07) is 53.7. The van der Waals surface area contributed by atoms with E-state index in [2.05, 4.69) is 42.4 Å². The van der Waals surface area contributed by atoms with Gasteiger partial charge in [-0.25, -0.2) is 0 Å². The Morgan fingerprint density at radius 1 is 0.309 bits per heavy atom. The molecular weight excluding hydrogens is 1830 g/mol.